The maximum absolute atomic E-state index is 12.6. The highest BCUT2D eigenvalue weighted by Gasteiger charge is 2.48. The number of amides is 2. The van der Waals surface area contributed by atoms with Crippen molar-refractivity contribution in [2.24, 2.45) is 5.92 Å². The number of rotatable bonds is 5. The van der Waals surface area contributed by atoms with E-state index < -0.39 is 18.1 Å². The van der Waals surface area contributed by atoms with Crippen LogP contribution in [0.2, 0.25) is 0 Å². The number of aliphatic carboxylic acids is 1. The van der Waals surface area contributed by atoms with E-state index in [4.69, 9.17) is 0 Å². The van der Waals surface area contributed by atoms with E-state index in [0.29, 0.717) is 17.7 Å². The molecule has 3 rings (SSSR count). The number of hydrogen-bond donors (Lipinski definition) is 2. The number of benzene rings is 1. The second-order valence-electron chi connectivity index (χ2n) is 6.53. The predicted molar refractivity (Wildman–Crippen MR) is 90.6 cm³/mol. The number of carboxylic acids is 1. The van der Waals surface area contributed by atoms with Gasteiger partial charge in [0.1, 0.15) is 17.5 Å². The standard InChI is InChI=1S/C17H20N2O4S/c1-9(2)7-12(17(22)23)18-14(20)13-8-24-16-11-6-4-3-5-10(11)15(21)19(13)16/h3-6,9,12-13,16H,7-8H2,1-2H3,(H,18,20)(H,22,23)/t12-,13+,16?/m1/s1. The van der Waals surface area contributed by atoms with Gasteiger partial charge in [-0.15, -0.1) is 11.8 Å². The first-order valence-electron chi connectivity index (χ1n) is 7.96. The van der Waals surface area contributed by atoms with Gasteiger partial charge >= 0.3 is 5.97 Å². The van der Waals surface area contributed by atoms with Gasteiger partial charge in [0.25, 0.3) is 5.91 Å². The monoisotopic (exact) mass is 348 g/mol. The summed E-state index contributed by atoms with van der Waals surface area (Å²) in [6, 6.07) is 5.80. The van der Waals surface area contributed by atoms with Gasteiger partial charge in [-0.2, -0.15) is 0 Å². The Balaban J connectivity index is 1.76. The number of nitrogens with zero attached hydrogens (tertiary/aromatic N) is 1. The molecule has 0 spiro atoms. The van der Waals surface area contributed by atoms with Crippen molar-refractivity contribution in [2.45, 2.75) is 37.7 Å². The molecule has 1 aromatic carbocycles. The molecule has 2 heterocycles. The van der Waals surface area contributed by atoms with Crippen LogP contribution in [0.4, 0.5) is 0 Å². The molecule has 1 fully saturated rings. The summed E-state index contributed by atoms with van der Waals surface area (Å²) in [5, 5.41) is 11.7. The van der Waals surface area contributed by atoms with E-state index in [1.165, 1.54) is 0 Å². The van der Waals surface area contributed by atoms with Gasteiger partial charge in [0.15, 0.2) is 0 Å². The van der Waals surface area contributed by atoms with Gasteiger partial charge in [-0.1, -0.05) is 32.0 Å². The molecule has 0 aromatic heterocycles. The zero-order chi connectivity index (χ0) is 17.4. The summed E-state index contributed by atoms with van der Waals surface area (Å²) in [6.45, 7) is 3.81. The Kier molecular flexibility index (Phi) is 4.54. The van der Waals surface area contributed by atoms with Crippen molar-refractivity contribution in [3.8, 4) is 0 Å². The first-order chi connectivity index (χ1) is 11.4. The summed E-state index contributed by atoms with van der Waals surface area (Å²) in [5.41, 5.74) is 1.56. The van der Waals surface area contributed by atoms with Gasteiger partial charge in [-0.05, 0) is 24.0 Å². The number of carbonyl (C=O) groups is 3. The Labute approximate surface area is 144 Å². The van der Waals surface area contributed by atoms with Crippen LogP contribution >= 0.6 is 11.8 Å². The van der Waals surface area contributed by atoms with E-state index in [1.54, 1.807) is 22.7 Å². The lowest BCUT2D eigenvalue weighted by atomic mass is 10.0. The minimum Gasteiger partial charge on any atom is -0.480 e. The van der Waals surface area contributed by atoms with E-state index >= 15 is 0 Å². The third-order valence-corrected chi connectivity index (χ3v) is 5.62. The normalized spacial score (nSPS) is 23.1. The van der Waals surface area contributed by atoms with Gasteiger partial charge in [-0.3, -0.25) is 9.59 Å². The van der Waals surface area contributed by atoms with Gasteiger partial charge in [0.2, 0.25) is 5.91 Å². The second kappa shape index (κ2) is 6.47. The summed E-state index contributed by atoms with van der Waals surface area (Å²) < 4.78 is 0. The molecule has 3 atom stereocenters. The largest absolute Gasteiger partial charge is 0.480 e. The molecule has 2 amide bonds. The highest BCUT2D eigenvalue weighted by Crippen LogP contribution is 2.48. The minimum atomic E-state index is -1.05. The molecule has 24 heavy (non-hydrogen) atoms. The molecule has 128 valence electrons. The Morgan fingerprint density at radius 1 is 1.38 bits per heavy atom. The third kappa shape index (κ3) is 2.88. The Bertz CT molecular complexity index is 691. The molecule has 1 saturated heterocycles. The molecule has 1 aromatic rings. The van der Waals surface area contributed by atoms with Crippen LogP contribution in [-0.4, -0.2) is 45.6 Å². The quantitative estimate of drug-likeness (QED) is 0.848. The maximum atomic E-state index is 12.6. The lowest BCUT2D eigenvalue weighted by molar-refractivity contribution is -0.142. The molecule has 6 nitrogen and oxygen atoms in total. The van der Waals surface area contributed by atoms with Crippen LogP contribution in [0.1, 0.15) is 41.6 Å². The van der Waals surface area contributed by atoms with E-state index in [1.807, 2.05) is 32.0 Å². The van der Waals surface area contributed by atoms with E-state index in [0.717, 1.165) is 5.56 Å². The van der Waals surface area contributed by atoms with Crippen LogP contribution in [0.15, 0.2) is 24.3 Å². The fraction of sp³-hybridized carbons (Fsp3) is 0.471. The fourth-order valence-corrected chi connectivity index (χ4v) is 4.67. The van der Waals surface area contributed by atoms with Crippen molar-refractivity contribution in [2.75, 3.05) is 5.75 Å². The second-order valence-corrected chi connectivity index (χ2v) is 7.64. The molecular formula is C17H20N2O4S. The fourth-order valence-electron chi connectivity index (χ4n) is 3.20. The highest BCUT2D eigenvalue weighted by molar-refractivity contribution is 7.99. The highest BCUT2D eigenvalue weighted by atomic mass is 32.2. The summed E-state index contributed by atoms with van der Waals surface area (Å²) in [4.78, 5) is 38.1. The average molecular weight is 348 g/mol. The molecule has 2 N–H and O–H groups in total. The molecule has 0 saturated carbocycles. The molecule has 2 aliphatic rings. The SMILES string of the molecule is CC(C)C[C@@H](NC(=O)[C@@H]1CSC2c3ccccc3C(=O)N21)C(=O)O. The number of thioether (sulfide) groups is 1. The summed E-state index contributed by atoms with van der Waals surface area (Å²) in [6.07, 6.45) is 0.360. The van der Waals surface area contributed by atoms with Crippen molar-refractivity contribution in [1.82, 2.24) is 10.2 Å². The molecule has 2 aliphatic heterocycles. The predicted octanol–water partition coefficient (Wildman–Crippen LogP) is 1.87. The number of hydrogen-bond acceptors (Lipinski definition) is 4. The Morgan fingerprint density at radius 2 is 2.08 bits per heavy atom. The van der Waals surface area contributed by atoms with Gasteiger partial charge in [0.05, 0.1) is 0 Å². The lowest BCUT2D eigenvalue weighted by Crippen LogP contribution is -2.51. The van der Waals surface area contributed by atoms with Crippen molar-refractivity contribution >= 4 is 29.5 Å². The summed E-state index contributed by atoms with van der Waals surface area (Å²) in [5.74, 6) is -0.967. The Hall–Kier alpha value is -2.02. The topological polar surface area (TPSA) is 86.7 Å². The first-order valence-corrected chi connectivity index (χ1v) is 9.01. The number of carbonyl (C=O) groups excluding carboxylic acids is 2. The van der Waals surface area contributed by atoms with Crippen molar-refractivity contribution in [3.05, 3.63) is 35.4 Å². The zero-order valence-corrected chi connectivity index (χ0v) is 14.4. The average Bonchev–Trinajstić information content (AvgIpc) is 3.07. The van der Waals surface area contributed by atoms with Crippen LogP contribution in [0.25, 0.3) is 0 Å². The third-order valence-electron chi connectivity index (χ3n) is 4.32. The van der Waals surface area contributed by atoms with Gasteiger partial charge in [0, 0.05) is 11.3 Å². The van der Waals surface area contributed by atoms with Crippen LogP contribution < -0.4 is 5.32 Å². The van der Waals surface area contributed by atoms with Crippen molar-refractivity contribution in [3.63, 3.8) is 0 Å². The maximum Gasteiger partial charge on any atom is 0.326 e. The minimum absolute atomic E-state index is 0.148. The molecule has 1 unspecified atom stereocenters. The summed E-state index contributed by atoms with van der Waals surface area (Å²) in [7, 11) is 0. The summed E-state index contributed by atoms with van der Waals surface area (Å²) >= 11 is 1.54. The van der Waals surface area contributed by atoms with E-state index in [2.05, 4.69) is 5.32 Å². The van der Waals surface area contributed by atoms with E-state index in [9.17, 15) is 19.5 Å². The lowest BCUT2D eigenvalue weighted by Gasteiger charge is -2.25. The van der Waals surface area contributed by atoms with Gasteiger partial charge < -0.3 is 15.3 Å². The van der Waals surface area contributed by atoms with Crippen molar-refractivity contribution in [1.29, 1.82) is 0 Å². The van der Waals surface area contributed by atoms with Crippen LogP contribution in [0.3, 0.4) is 0 Å². The molecule has 0 aliphatic carbocycles. The van der Waals surface area contributed by atoms with Crippen LogP contribution in [0, 0.1) is 5.92 Å². The van der Waals surface area contributed by atoms with Crippen LogP contribution in [-0.2, 0) is 9.59 Å². The molecule has 7 heteroatoms. The van der Waals surface area contributed by atoms with Gasteiger partial charge in [-0.25, -0.2) is 4.79 Å². The molecule has 0 radical (unpaired) electrons. The van der Waals surface area contributed by atoms with E-state index in [-0.39, 0.29) is 23.1 Å². The van der Waals surface area contributed by atoms with Crippen molar-refractivity contribution < 1.29 is 19.5 Å². The number of carboxylic acid groups (broad SMARTS) is 1. The first kappa shape index (κ1) is 16.8. The molecule has 0 bridgehead atoms. The zero-order valence-electron chi connectivity index (χ0n) is 13.6. The smallest absolute Gasteiger partial charge is 0.326 e. The number of nitrogens with one attached hydrogen (secondary N) is 1. The molecular weight excluding hydrogens is 328 g/mol. The van der Waals surface area contributed by atoms with Crippen LogP contribution in [0.5, 0.6) is 0 Å². The Morgan fingerprint density at radius 3 is 2.75 bits per heavy atom. The number of fused-ring (bicyclic) bond motifs is 3.